The van der Waals surface area contributed by atoms with Gasteiger partial charge in [0.1, 0.15) is 6.54 Å². The smallest absolute Gasteiger partial charge is 0.103 e. The molecule has 1 aliphatic rings. The molecule has 0 radical (unpaired) electrons. The number of hydrogen-bond acceptors (Lipinski definition) is 1. The van der Waals surface area contributed by atoms with Gasteiger partial charge in [0.05, 0.1) is 26.2 Å². The molecule has 0 aliphatic carbocycles. The van der Waals surface area contributed by atoms with Crippen LogP contribution < -0.4 is 9.80 Å². The molecule has 1 fully saturated rings. The highest BCUT2D eigenvalue weighted by Gasteiger charge is 2.21. The van der Waals surface area contributed by atoms with Gasteiger partial charge < -0.3 is 9.80 Å². The zero-order valence-electron chi connectivity index (χ0n) is 14.0. The summed E-state index contributed by atoms with van der Waals surface area (Å²) in [6.45, 7) is 12.6. The van der Waals surface area contributed by atoms with E-state index in [1.165, 1.54) is 41.0 Å². The molecule has 0 spiro atoms. The predicted molar refractivity (Wildman–Crippen MR) is 93.7 cm³/mol. The van der Waals surface area contributed by atoms with Crippen LogP contribution in [0.3, 0.4) is 0 Å². The van der Waals surface area contributed by atoms with Gasteiger partial charge in [-0.05, 0) is 38.0 Å². The van der Waals surface area contributed by atoms with Gasteiger partial charge >= 0.3 is 0 Å². The number of benzene rings is 2. The Morgan fingerprint density at radius 1 is 0.909 bits per heavy atom. The van der Waals surface area contributed by atoms with E-state index >= 15 is 0 Å². The average molecular weight is 295 g/mol. The van der Waals surface area contributed by atoms with E-state index in [0.717, 1.165) is 19.6 Å². The van der Waals surface area contributed by atoms with Crippen LogP contribution in [0.1, 0.15) is 22.3 Å². The van der Waals surface area contributed by atoms with Gasteiger partial charge in [0.25, 0.3) is 0 Å². The highest BCUT2D eigenvalue weighted by molar-refractivity contribution is 5.53. The Kier molecular flexibility index (Phi) is 4.49. The van der Waals surface area contributed by atoms with E-state index in [0.29, 0.717) is 0 Å². The zero-order valence-corrected chi connectivity index (χ0v) is 14.0. The number of nitrogens with one attached hydrogen (secondary N) is 1. The number of anilines is 1. The molecule has 2 nitrogen and oxygen atoms in total. The van der Waals surface area contributed by atoms with Crippen molar-refractivity contribution >= 4 is 5.69 Å². The van der Waals surface area contributed by atoms with E-state index in [-0.39, 0.29) is 0 Å². The van der Waals surface area contributed by atoms with Crippen LogP contribution in [0.15, 0.2) is 42.5 Å². The molecular weight excluding hydrogens is 268 g/mol. The van der Waals surface area contributed by atoms with Crippen molar-refractivity contribution in [3.63, 3.8) is 0 Å². The Bertz CT molecular complexity index is 640. The van der Waals surface area contributed by atoms with Crippen LogP contribution in [0.4, 0.5) is 5.69 Å². The SMILES string of the molecule is Cc1ccc(C)c(C[NH+]2CCN(c3ccccc3C)CC2)c1. The highest BCUT2D eigenvalue weighted by atomic mass is 15.3. The lowest BCUT2D eigenvalue weighted by Gasteiger charge is -2.34. The highest BCUT2D eigenvalue weighted by Crippen LogP contribution is 2.19. The topological polar surface area (TPSA) is 7.68 Å². The summed E-state index contributed by atoms with van der Waals surface area (Å²) in [7, 11) is 0. The van der Waals surface area contributed by atoms with Gasteiger partial charge in [-0.25, -0.2) is 0 Å². The summed E-state index contributed by atoms with van der Waals surface area (Å²) >= 11 is 0. The number of nitrogens with zero attached hydrogens (tertiary/aromatic N) is 1. The maximum Gasteiger partial charge on any atom is 0.103 e. The first kappa shape index (κ1) is 15.1. The molecule has 1 heterocycles. The van der Waals surface area contributed by atoms with E-state index in [2.05, 4.69) is 68.1 Å². The Morgan fingerprint density at radius 3 is 2.36 bits per heavy atom. The third kappa shape index (κ3) is 3.33. The standard InChI is InChI=1S/C20H26N2/c1-16-8-9-17(2)19(14-16)15-21-10-12-22(13-11-21)20-7-5-4-6-18(20)3/h4-9,14H,10-13,15H2,1-3H3/p+1. The fraction of sp³-hybridized carbons (Fsp3) is 0.400. The van der Waals surface area contributed by atoms with Gasteiger partial charge in [-0.2, -0.15) is 0 Å². The van der Waals surface area contributed by atoms with Crippen LogP contribution in [0.5, 0.6) is 0 Å². The van der Waals surface area contributed by atoms with Crippen LogP contribution in [0.25, 0.3) is 0 Å². The molecule has 1 N–H and O–H groups in total. The minimum absolute atomic E-state index is 1.16. The van der Waals surface area contributed by atoms with E-state index < -0.39 is 0 Å². The lowest BCUT2D eigenvalue weighted by molar-refractivity contribution is -0.914. The zero-order chi connectivity index (χ0) is 15.5. The molecule has 3 rings (SSSR count). The molecule has 22 heavy (non-hydrogen) atoms. The Labute approximate surface area is 134 Å². The third-order valence-corrected chi connectivity index (χ3v) is 4.87. The summed E-state index contributed by atoms with van der Waals surface area (Å²) in [4.78, 5) is 4.25. The second kappa shape index (κ2) is 6.53. The van der Waals surface area contributed by atoms with Crippen molar-refractivity contribution in [3.8, 4) is 0 Å². The molecular formula is C20H27N2+. The average Bonchev–Trinajstić information content (AvgIpc) is 2.52. The van der Waals surface area contributed by atoms with Gasteiger partial charge in [-0.15, -0.1) is 0 Å². The van der Waals surface area contributed by atoms with Crippen molar-refractivity contribution in [1.29, 1.82) is 0 Å². The third-order valence-electron chi connectivity index (χ3n) is 4.87. The monoisotopic (exact) mass is 295 g/mol. The van der Waals surface area contributed by atoms with E-state index in [1.54, 1.807) is 4.90 Å². The van der Waals surface area contributed by atoms with Crippen LogP contribution in [-0.2, 0) is 6.54 Å². The summed E-state index contributed by atoms with van der Waals surface area (Å²) < 4.78 is 0. The maximum atomic E-state index is 2.54. The molecule has 0 aromatic heterocycles. The minimum atomic E-state index is 1.16. The second-order valence-corrected chi connectivity index (χ2v) is 6.63. The van der Waals surface area contributed by atoms with Crippen LogP contribution >= 0.6 is 0 Å². The van der Waals surface area contributed by atoms with Crippen LogP contribution in [-0.4, -0.2) is 26.2 Å². The molecule has 1 saturated heterocycles. The fourth-order valence-corrected chi connectivity index (χ4v) is 3.42. The first-order valence-electron chi connectivity index (χ1n) is 8.34. The summed E-state index contributed by atoms with van der Waals surface area (Å²) in [6, 6.07) is 15.6. The normalized spacial score (nSPS) is 16.0. The van der Waals surface area contributed by atoms with E-state index in [9.17, 15) is 0 Å². The van der Waals surface area contributed by atoms with Gasteiger partial charge in [0.2, 0.25) is 0 Å². The lowest BCUT2D eigenvalue weighted by Crippen LogP contribution is -3.13. The predicted octanol–water partition coefficient (Wildman–Crippen LogP) is 2.52. The number of para-hydroxylation sites is 1. The summed E-state index contributed by atoms with van der Waals surface area (Å²) in [5, 5.41) is 0. The fourth-order valence-electron chi connectivity index (χ4n) is 3.42. The minimum Gasteiger partial charge on any atom is -0.360 e. The first-order chi connectivity index (χ1) is 10.6. The molecule has 1 aliphatic heterocycles. The van der Waals surface area contributed by atoms with Gasteiger partial charge in [-0.3, -0.25) is 0 Å². The molecule has 0 bridgehead atoms. The lowest BCUT2D eigenvalue weighted by atomic mass is 10.0. The van der Waals surface area contributed by atoms with Crippen molar-refractivity contribution in [2.75, 3.05) is 31.1 Å². The Morgan fingerprint density at radius 2 is 1.64 bits per heavy atom. The van der Waals surface area contributed by atoms with E-state index in [4.69, 9.17) is 0 Å². The number of quaternary nitrogens is 1. The molecule has 0 atom stereocenters. The van der Waals surface area contributed by atoms with Crippen molar-refractivity contribution in [3.05, 3.63) is 64.7 Å². The largest absolute Gasteiger partial charge is 0.360 e. The van der Waals surface area contributed by atoms with Crippen molar-refractivity contribution < 1.29 is 4.90 Å². The van der Waals surface area contributed by atoms with Crippen LogP contribution in [0.2, 0.25) is 0 Å². The molecule has 0 saturated carbocycles. The molecule has 2 aromatic rings. The number of piperazine rings is 1. The van der Waals surface area contributed by atoms with Gasteiger partial charge in [0.15, 0.2) is 0 Å². The maximum absolute atomic E-state index is 2.54. The first-order valence-corrected chi connectivity index (χ1v) is 8.34. The summed E-state index contributed by atoms with van der Waals surface area (Å²) in [6.07, 6.45) is 0. The van der Waals surface area contributed by atoms with Crippen molar-refractivity contribution in [1.82, 2.24) is 0 Å². The van der Waals surface area contributed by atoms with Gasteiger partial charge in [0, 0.05) is 11.3 Å². The molecule has 0 unspecified atom stereocenters. The van der Waals surface area contributed by atoms with Crippen molar-refractivity contribution in [2.45, 2.75) is 27.3 Å². The number of rotatable bonds is 3. The van der Waals surface area contributed by atoms with Crippen LogP contribution in [0, 0.1) is 20.8 Å². The van der Waals surface area contributed by atoms with Gasteiger partial charge in [-0.1, -0.05) is 42.0 Å². The molecule has 2 heteroatoms. The molecule has 2 aromatic carbocycles. The Balaban J connectivity index is 1.62. The molecule has 116 valence electrons. The second-order valence-electron chi connectivity index (χ2n) is 6.63. The Hall–Kier alpha value is -1.80. The quantitative estimate of drug-likeness (QED) is 0.914. The summed E-state index contributed by atoms with van der Waals surface area (Å²) in [5.41, 5.74) is 7.12. The molecule has 0 amide bonds. The van der Waals surface area contributed by atoms with Crippen molar-refractivity contribution in [2.24, 2.45) is 0 Å². The number of hydrogen-bond donors (Lipinski definition) is 1. The number of aryl methyl sites for hydroxylation is 3. The van der Waals surface area contributed by atoms with E-state index in [1.807, 2.05) is 0 Å². The summed E-state index contributed by atoms with van der Waals surface area (Å²) in [5.74, 6) is 0.